The molecule has 1 saturated heterocycles. The van der Waals surface area contributed by atoms with Crippen LogP contribution in [0.5, 0.6) is 5.75 Å². The highest BCUT2D eigenvalue weighted by atomic mass is 127. The maximum Gasteiger partial charge on any atom is 0.573 e. The summed E-state index contributed by atoms with van der Waals surface area (Å²) < 4.78 is 41.3. The van der Waals surface area contributed by atoms with E-state index in [4.69, 9.17) is 5.73 Å². The third-order valence-electron chi connectivity index (χ3n) is 4.11. The zero-order valence-electron chi connectivity index (χ0n) is 15.5. The van der Waals surface area contributed by atoms with Crippen LogP contribution in [0.15, 0.2) is 29.3 Å². The topological polar surface area (TPSA) is 66.1 Å². The van der Waals surface area contributed by atoms with E-state index in [1.807, 2.05) is 0 Å². The van der Waals surface area contributed by atoms with Crippen LogP contribution in [0, 0.1) is 5.92 Å². The average Bonchev–Trinajstić information content (AvgIpc) is 2.56. The molecule has 1 unspecified atom stereocenters. The first-order chi connectivity index (χ1) is 12.2. The number of piperazine rings is 1. The van der Waals surface area contributed by atoms with Gasteiger partial charge < -0.3 is 25.6 Å². The van der Waals surface area contributed by atoms with Crippen LogP contribution in [0.1, 0.15) is 6.92 Å². The Labute approximate surface area is 174 Å². The van der Waals surface area contributed by atoms with E-state index in [9.17, 15) is 13.2 Å². The molecular weight excluding hydrogens is 474 g/mol. The Bertz CT molecular complexity index is 606. The van der Waals surface area contributed by atoms with Crippen molar-refractivity contribution in [1.29, 1.82) is 0 Å². The summed E-state index contributed by atoms with van der Waals surface area (Å²) in [6.07, 6.45) is -4.76. The summed E-state index contributed by atoms with van der Waals surface area (Å²) >= 11 is 0. The maximum absolute atomic E-state index is 12.4. The fourth-order valence-corrected chi connectivity index (χ4v) is 2.74. The van der Waals surface area contributed by atoms with E-state index in [1.54, 1.807) is 6.07 Å². The highest BCUT2D eigenvalue weighted by molar-refractivity contribution is 14.0. The van der Waals surface area contributed by atoms with Gasteiger partial charge in [-0.05, 0) is 25.1 Å². The fourth-order valence-electron chi connectivity index (χ4n) is 2.74. The number of alkyl halides is 3. The standard InChI is InChI=1S/C17H26F3N5O.HI/c1-13(12-25-9-7-24(2)8-10-25)11-22-16(21)23-14-5-3-4-6-15(14)26-17(18,19)20;/h3-6,13H,7-12H2,1-2H3,(H3,21,22,23);1H. The predicted octanol–water partition coefficient (Wildman–Crippen LogP) is 2.81. The summed E-state index contributed by atoms with van der Waals surface area (Å²) in [5.41, 5.74) is 5.94. The molecule has 1 aromatic rings. The van der Waals surface area contributed by atoms with Crippen molar-refractivity contribution in [1.82, 2.24) is 9.80 Å². The Morgan fingerprint density at radius 2 is 1.89 bits per heavy atom. The Balaban J connectivity index is 0.00000364. The molecule has 1 fully saturated rings. The van der Waals surface area contributed by atoms with E-state index in [0.29, 0.717) is 12.5 Å². The molecule has 10 heteroatoms. The number of anilines is 1. The van der Waals surface area contributed by atoms with E-state index in [2.05, 4.69) is 38.8 Å². The average molecular weight is 501 g/mol. The lowest BCUT2D eigenvalue weighted by atomic mass is 10.1. The minimum Gasteiger partial charge on any atom is -0.404 e. The molecule has 0 aromatic heterocycles. The minimum atomic E-state index is -4.76. The number of para-hydroxylation sites is 2. The van der Waals surface area contributed by atoms with Crippen LogP contribution >= 0.6 is 24.0 Å². The first-order valence-electron chi connectivity index (χ1n) is 8.55. The molecule has 1 aromatic carbocycles. The second-order valence-corrected chi connectivity index (χ2v) is 6.60. The number of likely N-dealkylation sites (N-methyl/N-ethyl adjacent to an activating group) is 1. The number of guanidine groups is 1. The maximum atomic E-state index is 12.4. The van der Waals surface area contributed by atoms with Crippen LogP contribution in [0.3, 0.4) is 0 Å². The molecule has 1 aliphatic rings. The van der Waals surface area contributed by atoms with Gasteiger partial charge in [-0.1, -0.05) is 19.1 Å². The van der Waals surface area contributed by atoms with Gasteiger partial charge in [0.25, 0.3) is 0 Å². The van der Waals surface area contributed by atoms with Gasteiger partial charge in [-0.15, -0.1) is 37.1 Å². The van der Waals surface area contributed by atoms with Gasteiger partial charge in [0.2, 0.25) is 0 Å². The molecule has 0 radical (unpaired) electrons. The quantitative estimate of drug-likeness (QED) is 0.357. The van der Waals surface area contributed by atoms with Crippen molar-refractivity contribution in [2.45, 2.75) is 13.3 Å². The lowest BCUT2D eigenvalue weighted by Gasteiger charge is -2.33. The summed E-state index contributed by atoms with van der Waals surface area (Å²) in [6.45, 7) is 7.65. The third-order valence-corrected chi connectivity index (χ3v) is 4.11. The predicted molar refractivity (Wildman–Crippen MR) is 112 cm³/mol. The van der Waals surface area contributed by atoms with E-state index in [0.717, 1.165) is 32.7 Å². The minimum absolute atomic E-state index is 0. The number of hydrogen-bond acceptors (Lipinski definition) is 4. The molecule has 1 atom stereocenters. The van der Waals surface area contributed by atoms with Crippen molar-refractivity contribution in [3.05, 3.63) is 24.3 Å². The highest BCUT2D eigenvalue weighted by Gasteiger charge is 2.32. The van der Waals surface area contributed by atoms with Crippen LogP contribution in [0.2, 0.25) is 0 Å². The summed E-state index contributed by atoms with van der Waals surface area (Å²) in [5.74, 6) is 0.0116. The van der Waals surface area contributed by atoms with Crippen LogP contribution < -0.4 is 15.8 Å². The van der Waals surface area contributed by atoms with Crippen LogP contribution in [-0.4, -0.2) is 68.4 Å². The number of aliphatic imine (C=N–C) groups is 1. The van der Waals surface area contributed by atoms with Crippen molar-refractivity contribution >= 4 is 35.6 Å². The lowest BCUT2D eigenvalue weighted by Crippen LogP contribution is -2.46. The molecule has 1 heterocycles. The zero-order valence-corrected chi connectivity index (χ0v) is 17.8. The van der Waals surface area contributed by atoms with Gasteiger partial charge in [0.05, 0.1) is 5.69 Å². The summed E-state index contributed by atoms with van der Waals surface area (Å²) in [6, 6.07) is 5.72. The number of nitrogens with zero attached hydrogens (tertiary/aromatic N) is 3. The van der Waals surface area contributed by atoms with Gasteiger partial charge in [0, 0.05) is 39.3 Å². The zero-order chi connectivity index (χ0) is 19.2. The number of ether oxygens (including phenoxy) is 1. The third kappa shape index (κ3) is 8.98. The number of benzene rings is 1. The van der Waals surface area contributed by atoms with Gasteiger partial charge >= 0.3 is 6.36 Å². The van der Waals surface area contributed by atoms with Gasteiger partial charge in [-0.3, -0.25) is 4.99 Å². The first kappa shape index (κ1) is 23.8. The van der Waals surface area contributed by atoms with Gasteiger partial charge in [0.15, 0.2) is 11.7 Å². The Hall–Kier alpha value is -1.27. The molecular formula is C17H27F3IN5O. The monoisotopic (exact) mass is 501 g/mol. The van der Waals surface area contributed by atoms with Crippen molar-refractivity contribution in [2.24, 2.45) is 16.6 Å². The van der Waals surface area contributed by atoms with Crippen molar-refractivity contribution in [2.75, 3.05) is 51.6 Å². The summed E-state index contributed by atoms with van der Waals surface area (Å²) in [4.78, 5) is 8.93. The van der Waals surface area contributed by atoms with E-state index >= 15 is 0 Å². The smallest absolute Gasteiger partial charge is 0.404 e. The van der Waals surface area contributed by atoms with Gasteiger partial charge in [-0.25, -0.2) is 0 Å². The molecule has 0 aliphatic carbocycles. The second-order valence-electron chi connectivity index (χ2n) is 6.60. The largest absolute Gasteiger partial charge is 0.573 e. The molecule has 3 N–H and O–H groups in total. The SMILES string of the molecule is CC(CN=C(N)Nc1ccccc1OC(F)(F)F)CN1CCN(C)CC1.I. The molecule has 0 bridgehead atoms. The first-order valence-corrected chi connectivity index (χ1v) is 8.55. The number of hydrogen-bond donors (Lipinski definition) is 2. The molecule has 0 saturated carbocycles. The summed E-state index contributed by atoms with van der Waals surface area (Å²) in [7, 11) is 2.11. The van der Waals surface area contributed by atoms with Crippen LogP contribution in [0.4, 0.5) is 18.9 Å². The normalized spacial score (nSPS) is 17.9. The van der Waals surface area contributed by atoms with Crippen molar-refractivity contribution < 1.29 is 17.9 Å². The number of nitrogens with two attached hydrogens (primary N) is 1. The number of nitrogens with one attached hydrogen (secondary N) is 1. The molecule has 0 spiro atoms. The molecule has 1 aliphatic heterocycles. The highest BCUT2D eigenvalue weighted by Crippen LogP contribution is 2.29. The van der Waals surface area contributed by atoms with Gasteiger partial charge in [0.1, 0.15) is 0 Å². The fraction of sp³-hybridized carbons (Fsp3) is 0.588. The molecule has 0 amide bonds. The van der Waals surface area contributed by atoms with Crippen LogP contribution in [-0.2, 0) is 0 Å². The Morgan fingerprint density at radius 3 is 2.52 bits per heavy atom. The molecule has 154 valence electrons. The second kappa shape index (κ2) is 10.9. The molecule has 27 heavy (non-hydrogen) atoms. The summed E-state index contributed by atoms with van der Waals surface area (Å²) in [5, 5.41) is 2.68. The van der Waals surface area contributed by atoms with Crippen molar-refractivity contribution in [3.63, 3.8) is 0 Å². The van der Waals surface area contributed by atoms with Crippen molar-refractivity contribution in [3.8, 4) is 5.75 Å². The Morgan fingerprint density at radius 1 is 1.26 bits per heavy atom. The Kier molecular flexibility index (Phi) is 9.60. The van der Waals surface area contributed by atoms with Gasteiger partial charge in [-0.2, -0.15) is 0 Å². The van der Waals surface area contributed by atoms with E-state index in [1.165, 1.54) is 18.2 Å². The molecule has 6 nitrogen and oxygen atoms in total. The molecule has 2 rings (SSSR count). The van der Waals surface area contributed by atoms with E-state index in [-0.39, 0.29) is 41.4 Å². The number of rotatable bonds is 6. The number of halogens is 4. The van der Waals surface area contributed by atoms with E-state index < -0.39 is 6.36 Å². The lowest BCUT2D eigenvalue weighted by molar-refractivity contribution is -0.274. The van der Waals surface area contributed by atoms with Crippen LogP contribution in [0.25, 0.3) is 0 Å².